The lowest BCUT2D eigenvalue weighted by Gasteiger charge is -2.12. The number of hydrogen-bond acceptors (Lipinski definition) is 19. The molecule has 2 heterocycles. The number of aliphatic imine (C=N–C) groups is 2. The molecular weight excluding hydrogens is 1230 g/mol. The molecule has 0 aliphatic carbocycles. The van der Waals surface area contributed by atoms with Gasteiger partial charge in [0.15, 0.2) is 51.6 Å². The summed E-state index contributed by atoms with van der Waals surface area (Å²) in [5.41, 5.74) is 22.2. The van der Waals surface area contributed by atoms with Gasteiger partial charge in [0.1, 0.15) is 22.9 Å². The van der Waals surface area contributed by atoms with Crippen LogP contribution in [0.1, 0.15) is 36.4 Å². The molecule has 6 rings (SSSR count). The fourth-order valence-electron chi connectivity index (χ4n) is 7.42. The smallest absolute Gasteiger partial charge is 0.275 e. The molecule has 2 aromatic heterocycles. The minimum Gasteiger partial charge on any atom is -0.593 e. The number of nitrogens with two attached hydrogens (primary N) is 4. The van der Waals surface area contributed by atoms with Gasteiger partial charge in [0, 0.05) is 17.7 Å². The summed E-state index contributed by atoms with van der Waals surface area (Å²) in [7, 11) is -3.95. The Morgan fingerprint density at radius 1 is 0.567 bits per heavy atom. The Morgan fingerprint density at radius 3 is 1.36 bits per heavy atom. The highest BCUT2D eigenvalue weighted by atomic mass is 32.2. The van der Waals surface area contributed by atoms with Gasteiger partial charge in [0.25, 0.3) is 11.8 Å². The number of amides is 2. The van der Waals surface area contributed by atoms with Gasteiger partial charge in [-0.1, -0.05) is 10.4 Å². The van der Waals surface area contributed by atoms with E-state index in [0.29, 0.717) is 82.2 Å². The number of halogens is 4. The van der Waals surface area contributed by atoms with Crippen LogP contribution < -0.4 is 41.9 Å². The molecule has 2 amide bonds. The van der Waals surface area contributed by atoms with Gasteiger partial charge in [-0.15, -0.1) is 14.9 Å². The van der Waals surface area contributed by atoms with Crippen LogP contribution in [0, 0.1) is 23.3 Å². The summed E-state index contributed by atoms with van der Waals surface area (Å²) < 4.78 is 156. The van der Waals surface area contributed by atoms with Gasteiger partial charge in [-0.2, -0.15) is 9.98 Å². The second-order valence-electron chi connectivity index (χ2n) is 18.8. The lowest BCUT2D eigenvalue weighted by molar-refractivity contribution is -0.115. The standard InChI is InChI=1S/C56H68F4N14O14S2/c1-37(53(75)67-55(61)62)27-39-29-47(57)51(48(58)30-39)87-43-3-7-45(8-4-43)89(77)65-11-15-80-19-23-84-25-21-82-17-13-73-33-41(69-71-73)35-86-36-42-34-74(72-70-42)14-18-83-22-26-85-24-20-81-16-12-66-90(78,79)46-9-5-44(6-10-46)88-52-49(59)31-40(32-50(52)60)28-38(2)54(76)68-56(63)64/h3-10,27-34,65-66H,11-26,35-36H2,1-2H3,(H4,61,62,67,75)(H4,63,64,68,76)/b37-27+,38-28+. The van der Waals surface area contributed by atoms with E-state index in [4.69, 9.17) is 65.6 Å². The van der Waals surface area contributed by atoms with Crippen molar-refractivity contribution in [1.82, 2.24) is 39.4 Å². The van der Waals surface area contributed by atoms with E-state index in [9.17, 15) is 40.1 Å². The lowest BCUT2D eigenvalue weighted by Crippen LogP contribution is -2.27. The van der Waals surface area contributed by atoms with Crippen LogP contribution in [0.3, 0.4) is 0 Å². The summed E-state index contributed by atoms with van der Waals surface area (Å²) >= 11 is -1.60. The third kappa shape index (κ3) is 25.0. The molecule has 0 saturated heterocycles. The first-order valence-corrected chi connectivity index (χ1v) is 30.0. The van der Waals surface area contributed by atoms with E-state index >= 15 is 0 Å². The van der Waals surface area contributed by atoms with Gasteiger partial charge in [-0.3, -0.25) is 9.59 Å². The van der Waals surface area contributed by atoms with Crippen molar-refractivity contribution in [1.29, 1.82) is 0 Å². The maximum absolute atomic E-state index is 14.8. The van der Waals surface area contributed by atoms with Gasteiger partial charge in [-0.05, 0) is 110 Å². The molecule has 0 radical (unpaired) electrons. The Bertz CT molecular complexity index is 3470. The first-order chi connectivity index (χ1) is 43.2. The van der Waals surface area contributed by atoms with Crippen LogP contribution in [-0.4, -0.2) is 159 Å². The van der Waals surface area contributed by atoms with Gasteiger partial charge in [0.2, 0.25) is 10.0 Å². The number of aromatic nitrogens is 6. The van der Waals surface area contributed by atoms with Crippen LogP contribution in [0.15, 0.2) is 116 Å². The lowest BCUT2D eigenvalue weighted by atomic mass is 10.1. The summed E-state index contributed by atoms with van der Waals surface area (Å²) in [6.45, 7) is 7.77. The summed E-state index contributed by atoms with van der Waals surface area (Å²) in [4.78, 5) is 30.9. The molecule has 34 heteroatoms. The molecule has 90 heavy (non-hydrogen) atoms. The molecule has 0 saturated carbocycles. The average molecular weight is 1300 g/mol. The predicted molar refractivity (Wildman–Crippen MR) is 318 cm³/mol. The van der Waals surface area contributed by atoms with Crippen LogP contribution in [0.2, 0.25) is 0 Å². The number of rotatable bonds is 40. The number of carbonyl (C=O) groups excluding carboxylic acids is 2. The molecule has 0 fully saturated rings. The van der Waals surface area contributed by atoms with Crippen molar-refractivity contribution in [2.45, 2.75) is 49.9 Å². The van der Waals surface area contributed by atoms with E-state index < -0.39 is 79.9 Å². The Morgan fingerprint density at radius 2 is 0.944 bits per heavy atom. The van der Waals surface area contributed by atoms with Gasteiger partial charge < -0.3 is 70.1 Å². The number of sulfonamides is 1. The molecule has 486 valence electrons. The fourth-order valence-corrected chi connectivity index (χ4v) is 9.25. The Balaban J connectivity index is 0.710. The van der Waals surface area contributed by atoms with E-state index in [0.717, 1.165) is 24.3 Å². The highest BCUT2D eigenvalue weighted by Gasteiger charge is 2.19. The number of guanidine groups is 2. The minimum atomic E-state index is -3.95. The SMILES string of the molecule is C/C(=C\c1cc(F)c(Oc2ccc([S+]([O-])NCCOCCOCCOCCn3cc(COCc4cn(CCOCCOCCOCCNS(=O)(=O)c5ccc(Oc6c(F)cc(/C=C(\C)C(=O)N=C(N)N)cc6F)cc5)nn4)nn3)cc2)c(F)c1)C(=O)N=C(N)N. The van der Waals surface area contributed by atoms with Crippen molar-refractivity contribution < 1.29 is 82.8 Å². The summed E-state index contributed by atoms with van der Waals surface area (Å²) in [6.07, 6.45) is 5.93. The zero-order chi connectivity index (χ0) is 64.8. The molecule has 1 unspecified atom stereocenters. The zero-order valence-corrected chi connectivity index (χ0v) is 50.5. The normalized spacial score (nSPS) is 12.3. The first-order valence-electron chi connectivity index (χ1n) is 27.4. The molecule has 0 aliphatic rings. The number of nitrogens with one attached hydrogen (secondary N) is 2. The number of benzene rings is 4. The minimum absolute atomic E-state index is 0.0152. The third-order valence-corrected chi connectivity index (χ3v) is 14.3. The van der Waals surface area contributed by atoms with Crippen LogP contribution in [0.4, 0.5) is 17.6 Å². The molecule has 6 aromatic rings. The summed E-state index contributed by atoms with van der Waals surface area (Å²) in [6, 6.07) is 14.6. The Hall–Kier alpha value is -8.26. The van der Waals surface area contributed by atoms with Crippen molar-refractivity contribution in [3.63, 3.8) is 0 Å². The van der Waals surface area contributed by atoms with E-state index in [1.807, 2.05) is 0 Å². The number of ether oxygens (including phenoxy) is 9. The molecule has 4 aromatic carbocycles. The Kier molecular flexibility index (Phi) is 29.1. The van der Waals surface area contributed by atoms with E-state index in [1.165, 1.54) is 74.5 Å². The van der Waals surface area contributed by atoms with Gasteiger partial charge in [-0.25, -0.2) is 40.1 Å². The molecular formula is C56H68F4N14O14S2. The van der Waals surface area contributed by atoms with Crippen LogP contribution >= 0.6 is 0 Å². The monoisotopic (exact) mass is 1300 g/mol. The number of carbonyl (C=O) groups is 2. The highest BCUT2D eigenvalue weighted by Crippen LogP contribution is 2.32. The zero-order valence-electron chi connectivity index (χ0n) is 48.9. The number of nitrogens with zero attached hydrogens (tertiary/aromatic N) is 8. The quantitative estimate of drug-likeness (QED) is 0.00800. The molecule has 0 aliphatic heterocycles. The second-order valence-corrected chi connectivity index (χ2v) is 21.9. The van der Waals surface area contributed by atoms with Crippen molar-refractivity contribution in [3.05, 3.63) is 142 Å². The molecule has 0 bridgehead atoms. The van der Waals surface area contributed by atoms with Crippen molar-refractivity contribution in [2.75, 3.05) is 92.4 Å². The topological polar surface area (TPSA) is 389 Å². The average Bonchev–Trinajstić information content (AvgIpc) is 1.94. The van der Waals surface area contributed by atoms with E-state index in [-0.39, 0.29) is 91.4 Å². The first kappa shape index (κ1) is 70.8. The predicted octanol–water partition coefficient (Wildman–Crippen LogP) is 3.52. The van der Waals surface area contributed by atoms with Crippen molar-refractivity contribution in [2.24, 2.45) is 32.9 Å². The largest absolute Gasteiger partial charge is 0.593 e. The van der Waals surface area contributed by atoms with Crippen LogP contribution in [0.25, 0.3) is 12.2 Å². The summed E-state index contributed by atoms with van der Waals surface area (Å²) in [5.74, 6) is -7.93. The van der Waals surface area contributed by atoms with Gasteiger partial charge in [0.05, 0.1) is 141 Å². The van der Waals surface area contributed by atoms with Crippen LogP contribution in [-0.2, 0) is 90.4 Å². The fraction of sp³-hybridized carbons (Fsp3) is 0.357. The molecule has 1 atom stereocenters. The maximum Gasteiger partial charge on any atom is 0.275 e. The third-order valence-electron chi connectivity index (χ3n) is 11.7. The van der Waals surface area contributed by atoms with E-state index in [1.54, 1.807) is 21.8 Å². The maximum atomic E-state index is 14.8. The van der Waals surface area contributed by atoms with Crippen molar-refractivity contribution in [3.8, 4) is 23.0 Å². The van der Waals surface area contributed by atoms with Crippen molar-refractivity contribution >= 4 is 57.3 Å². The summed E-state index contributed by atoms with van der Waals surface area (Å²) in [5, 5.41) is 16.4. The molecule has 28 nitrogen and oxygen atoms in total. The van der Waals surface area contributed by atoms with E-state index in [2.05, 4.69) is 40.1 Å². The van der Waals surface area contributed by atoms with Gasteiger partial charge >= 0.3 is 0 Å². The Labute approximate surface area is 517 Å². The highest BCUT2D eigenvalue weighted by molar-refractivity contribution is 7.89. The molecule has 0 spiro atoms. The number of hydrogen-bond donors (Lipinski definition) is 6. The van der Waals surface area contributed by atoms with Crippen LogP contribution in [0.5, 0.6) is 23.0 Å². The second kappa shape index (κ2) is 37.0. The molecule has 10 N–H and O–H groups in total.